The van der Waals surface area contributed by atoms with Crippen LogP contribution in [0.15, 0.2) is 12.2 Å². The van der Waals surface area contributed by atoms with Crippen LogP contribution in [0, 0.1) is 58.2 Å². The molecule has 0 bridgehead atoms. The summed E-state index contributed by atoms with van der Waals surface area (Å²) < 4.78 is 6.17. The van der Waals surface area contributed by atoms with Crippen LogP contribution < -0.4 is 0 Å². The van der Waals surface area contributed by atoms with Gasteiger partial charge in [0.1, 0.15) is 6.10 Å². The van der Waals surface area contributed by atoms with Gasteiger partial charge < -0.3 is 4.74 Å². The van der Waals surface area contributed by atoms with E-state index in [0.717, 1.165) is 66.6 Å². The average molecular weight is 667 g/mol. The van der Waals surface area contributed by atoms with E-state index in [-0.39, 0.29) is 12.1 Å². The Kier molecular flexibility index (Phi) is 16.4. The van der Waals surface area contributed by atoms with Crippen LogP contribution >= 0.6 is 0 Å². The summed E-state index contributed by atoms with van der Waals surface area (Å²) >= 11 is 0. The zero-order valence-corrected chi connectivity index (χ0v) is 33.3. The summed E-state index contributed by atoms with van der Waals surface area (Å²) in [6.45, 7) is 17.6. The van der Waals surface area contributed by atoms with Crippen molar-refractivity contribution in [2.45, 2.75) is 215 Å². The number of hydrogen-bond acceptors (Lipinski definition) is 2. The zero-order valence-electron chi connectivity index (χ0n) is 33.3. The van der Waals surface area contributed by atoms with Crippen LogP contribution in [0.1, 0.15) is 209 Å². The summed E-state index contributed by atoms with van der Waals surface area (Å²) in [5, 5.41) is 0. The number of fused-ring (bicyclic) bond motifs is 5. The minimum absolute atomic E-state index is 0.0808. The monoisotopic (exact) mass is 667 g/mol. The van der Waals surface area contributed by atoms with E-state index in [4.69, 9.17) is 4.74 Å². The van der Waals surface area contributed by atoms with E-state index in [1.807, 2.05) is 0 Å². The van der Waals surface area contributed by atoms with E-state index in [9.17, 15) is 4.79 Å². The molecule has 0 heterocycles. The fraction of sp³-hybridized carbons (Fsp3) is 0.935. The zero-order chi connectivity index (χ0) is 34.6. The number of rotatable bonds is 21. The van der Waals surface area contributed by atoms with Crippen LogP contribution in [0.5, 0.6) is 0 Å². The van der Waals surface area contributed by atoms with Gasteiger partial charge >= 0.3 is 5.97 Å². The Morgan fingerprint density at radius 2 is 1.33 bits per heavy atom. The molecule has 278 valence electrons. The molecule has 48 heavy (non-hydrogen) atoms. The van der Waals surface area contributed by atoms with Gasteiger partial charge in [-0.05, 0) is 148 Å². The summed E-state index contributed by atoms with van der Waals surface area (Å²) in [5.74, 6) is 7.10. The molecule has 4 saturated carbocycles. The third kappa shape index (κ3) is 10.6. The predicted molar refractivity (Wildman–Crippen MR) is 207 cm³/mol. The third-order valence-corrected chi connectivity index (χ3v) is 15.5. The Morgan fingerprint density at radius 1 is 0.708 bits per heavy atom. The summed E-state index contributed by atoms with van der Waals surface area (Å²) in [4.78, 5) is 12.8. The van der Waals surface area contributed by atoms with Crippen LogP contribution in [0.3, 0.4) is 0 Å². The van der Waals surface area contributed by atoms with E-state index < -0.39 is 0 Å². The molecule has 0 aliphatic heterocycles. The van der Waals surface area contributed by atoms with Crippen LogP contribution in [-0.4, -0.2) is 12.1 Å². The van der Waals surface area contributed by atoms with Crippen molar-refractivity contribution in [2.24, 2.45) is 58.2 Å². The lowest BCUT2D eigenvalue weighted by molar-refractivity contribution is -0.162. The molecule has 0 aromatic rings. The largest absolute Gasteiger partial charge is 0.462 e. The van der Waals surface area contributed by atoms with Crippen molar-refractivity contribution in [3.63, 3.8) is 0 Å². The Balaban J connectivity index is 1.11. The highest BCUT2D eigenvalue weighted by molar-refractivity contribution is 5.69. The standard InChI is InChI=1S/C46H82O2/c1-8-9-10-11-12-13-14-15-16-17-18-19-20-21-22-23-44(47)48-39-30-32-45(6)38(34-39)26-27-40-42-29-28-41(46(42,7)33-31-43(40)45)37(5)25-24-36(4)35(2)3/h15-16,35-43H,8-14,17-34H2,1-7H3/b16-15-/t36-,37+,38?,39?,40-,41+,42-,43-,45-,46+/m0/s1. The predicted octanol–water partition coefficient (Wildman–Crippen LogP) is 14.3. The molecular formula is C46H82O2. The maximum absolute atomic E-state index is 12.8. The molecule has 0 spiro atoms. The molecule has 10 atom stereocenters. The number of carbonyl (C=O) groups excluding carboxylic acids is 1. The van der Waals surface area contributed by atoms with Crippen molar-refractivity contribution in [1.82, 2.24) is 0 Å². The molecule has 0 radical (unpaired) electrons. The van der Waals surface area contributed by atoms with E-state index in [0.29, 0.717) is 17.3 Å². The van der Waals surface area contributed by atoms with Crippen molar-refractivity contribution < 1.29 is 9.53 Å². The molecular weight excluding hydrogens is 585 g/mol. The van der Waals surface area contributed by atoms with Crippen molar-refractivity contribution >= 4 is 5.97 Å². The molecule has 0 saturated heterocycles. The fourth-order valence-electron chi connectivity index (χ4n) is 11.9. The van der Waals surface area contributed by atoms with E-state index >= 15 is 0 Å². The van der Waals surface area contributed by atoms with Crippen molar-refractivity contribution in [3.8, 4) is 0 Å². The minimum Gasteiger partial charge on any atom is -0.462 e. The fourth-order valence-corrected chi connectivity index (χ4v) is 11.9. The van der Waals surface area contributed by atoms with Crippen molar-refractivity contribution in [2.75, 3.05) is 0 Å². The van der Waals surface area contributed by atoms with Crippen molar-refractivity contribution in [1.29, 1.82) is 0 Å². The minimum atomic E-state index is 0.0808. The number of unbranched alkanes of at least 4 members (excludes halogenated alkanes) is 11. The smallest absolute Gasteiger partial charge is 0.306 e. The second kappa shape index (κ2) is 19.7. The number of hydrogen-bond donors (Lipinski definition) is 0. The SMILES string of the molecule is CCCCCCCC/C=C\CCCCCCCC(=O)OC1CC[C@@]2(C)C(CC[C@H]3[C@@H]4CC[C@H]([C@H](C)CC[C@H](C)C(C)C)[C@@]4(C)CC[C@@H]32)C1. The normalized spacial score (nSPS) is 34.5. The van der Waals surface area contributed by atoms with Gasteiger partial charge in [0.25, 0.3) is 0 Å². The van der Waals surface area contributed by atoms with Crippen LogP contribution in [0.4, 0.5) is 0 Å². The summed E-state index contributed by atoms with van der Waals surface area (Å²) in [7, 11) is 0. The number of esters is 1. The lowest BCUT2D eigenvalue weighted by Crippen LogP contribution is -2.54. The third-order valence-electron chi connectivity index (χ3n) is 15.5. The highest BCUT2D eigenvalue weighted by atomic mass is 16.5. The van der Waals surface area contributed by atoms with Gasteiger partial charge in [-0.25, -0.2) is 0 Å². The second-order valence-corrected chi connectivity index (χ2v) is 18.9. The van der Waals surface area contributed by atoms with Gasteiger partial charge in [0, 0.05) is 6.42 Å². The van der Waals surface area contributed by atoms with Crippen molar-refractivity contribution in [3.05, 3.63) is 12.2 Å². The molecule has 4 rings (SSSR count). The average Bonchev–Trinajstić information content (AvgIpc) is 3.42. The number of carbonyl (C=O) groups is 1. The van der Waals surface area contributed by atoms with Gasteiger partial charge in [0.05, 0.1) is 0 Å². The summed E-state index contributed by atoms with van der Waals surface area (Å²) in [6.07, 6.45) is 37.4. The molecule has 2 unspecified atom stereocenters. The molecule has 4 fully saturated rings. The van der Waals surface area contributed by atoms with Gasteiger partial charge in [0.15, 0.2) is 0 Å². The molecule has 0 N–H and O–H groups in total. The maximum atomic E-state index is 12.8. The van der Waals surface area contributed by atoms with Gasteiger partial charge in [-0.1, -0.05) is 125 Å². The maximum Gasteiger partial charge on any atom is 0.306 e. The molecule has 0 aromatic heterocycles. The van der Waals surface area contributed by atoms with Gasteiger partial charge in [-0.15, -0.1) is 0 Å². The molecule has 2 nitrogen and oxygen atoms in total. The molecule has 4 aliphatic rings. The quantitative estimate of drug-likeness (QED) is 0.0692. The highest BCUT2D eigenvalue weighted by Crippen LogP contribution is 2.68. The van der Waals surface area contributed by atoms with E-state index in [1.165, 1.54) is 135 Å². The first-order chi connectivity index (χ1) is 23.1. The van der Waals surface area contributed by atoms with Crippen LogP contribution in [0.2, 0.25) is 0 Å². The number of allylic oxidation sites excluding steroid dienone is 2. The molecule has 0 amide bonds. The Hall–Kier alpha value is -0.790. The Bertz CT molecular complexity index is 952. The van der Waals surface area contributed by atoms with Crippen LogP contribution in [0.25, 0.3) is 0 Å². The summed E-state index contributed by atoms with van der Waals surface area (Å²) in [5.41, 5.74) is 1.04. The first-order valence-electron chi connectivity index (χ1n) is 21.9. The van der Waals surface area contributed by atoms with Gasteiger partial charge in [0.2, 0.25) is 0 Å². The lowest BCUT2D eigenvalue weighted by atomic mass is 9.44. The first-order valence-corrected chi connectivity index (χ1v) is 21.9. The van der Waals surface area contributed by atoms with E-state index in [1.54, 1.807) is 0 Å². The Labute approximate surface area is 300 Å². The first kappa shape index (κ1) is 40.0. The molecule has 0 aromatic carbocycles. The van der Waals surface area contributed by atoms with Crippen LogP contribution in [-0.2, 0) is 9.53 Å². The topological polar surface area (TPSA) is 26.3 Å². The summed E-state index contributed by atoms with van der Waals surface area (Å²) in [6, 6.07) is 0. The van der Waals surface area contributed by atoms with E-state index in [2.05, 4.69) is 60.6 Å². The Morgan fingerprint density at radius 3 is 2.02 bits per heavy atom. The molecule has 2 heteroatoms. The molecule has 4 aliphatic carbocycles. The lowest BCUT2D eigenvalue weighted by Gasteiger charge is -2.61. The highest BCUT2D eigenvalue weighted by Gasteiger charge is 2.60. The second-order valence-electron chi connectivity index (χ2n) is 18.9. The van der Waals surface area contributed by atoms with Gasteiger partial charge in [-0.3, -0.25) is 4.79 Å². The van der Waals surface area contributed by atoms with Gasteiger partial charge in [-0.2, -0.15) is 0 Å². The number of ether oxygens (including phenoxy) is 1.